The number of para-hydroxylation sites is 1. The summed E-state index contributed by atoms with van der Waals surface area (Å²) in [5.41, 5.74) is 4.64. The van der Waals surface area contributed by atoms with E-state index in [0.29, 0.717) is 43.2 Å². The number of amides is 2. The fourth-order valence-corrected chi connectivity index (χ4v) is 6.74. The first-order valence-corrected chi connectivity index (χ1v) is 14.7. The maximum Gasteiger partial charge on any atom is 0.273 e. The number of nitrogens with zero attached hydrogens (tertiary/aromatic N) is 3. The second-order valence-corrected chi connectivity index (χ2v) is 11.4. The average molecular weight is 557 g/mol. The quantitative estimate of drug-likeness (QED) is 0.316. The van der Waals surface area contributed by atoms with Crippen LogP contribution in [0.15, 0.2) is 53.9 Å². The van der Waals surface area contributed by atoms with Crippen molar-refractivity contribution < 1.29 is 19.1 Å². The summed E-state index contributed by atoms with van der Waals surface area (Å²) >= 11 is 1.54. The zero-order chi connectivity index (χ0) is 27.6. The molecular weight excluding hydrogens is 524 g/mol. The minimum absolute atomic E-state index is 0.0109. The summed E-state index contributed by atoms with van der Waals surface area (Å²) in [5, 5.41) is 4.09. The van der Waals surface area contributed by atoms with Crippen molar-refractivity contribution in [2.24, 2.45) is 0 Å². The van der Waals surface area contributed by atoms with E-state index in [1.165, 1.54) is 22.3 Å². The van der Waals surface area contributed by atoms with Gasteiger partial charge in [-0.05, 0) is 55.2 Å². The number of hydrogen-bond acceptors (Lipinski definition) is 6. The van der Waals surface area contributed by atoms with Gasteiger partial charge in [0.2, 0.25) is 5.91 Å². The molecule has 2 aromatic heterocycles. The molecule has 8 nitrogen and oxygen atoms in total. The number of carbonyl (C=O) groups excluding carboxylic acids is 3. The lowest BCUT2D eigenvalue weighted by Crippen LogP contribution is -2.38. The number of thiazole rings is 1. The van der Waals surface area contributed by atoms with Crippen LogP contribution in [0.1, 0.15) is 68.7 Å². The number of nitrogens with one attached hydrogen (secondary N) is 1. The van der Waals surface area contributed by atoms with Crippen LogP contribution in [0.4, 0.5) is 0 Å². The summed E-state index contributed by atoms with van der Waals surface area (Å²) in [4.78, 5) is 50.5. The van der Waals surface area contributed by atoms with Crippen molar-refractivity contribution in [1.29, 1.82) is 0 Å². The molecule has 6 rings (SSSR count). The first kappa shape index (κ1) is 26.3. The van der Waals surface area contributed by atoms with Crippen molar-refractivity contribution in [2.75, 3.05) is 26.7 Å². The molecule has 2 aliphatic rings. The molecule has 0 unspecified atom stereocenters. The summed E-state index contributed by atoms with van der Waals surface area (Å²) in [6, 6.07) is 15.3. The molecule has 0 aliphatic carbocycles. The number of aromatic nitrogens is 2. The standard InChI is InChI=1S/C31H32N4O4S/c1-39-22-8-6-20(7-9-22)28(36)10-11-29(37)34-15-12-21(13-16-34)30-33-27(19-40-30)31(38)35-17-14-24-23-4-2-3-5-25(23)32-26(24)18-35/h2-9,19,21,32H,10-18H2,1H3. The highest BCUT2D eigenvalue weighted by atomic mass is 32.1. The topological polar surface area (TPSA) is 95.6 Å². The molecule has 1 fully saturated rings. The summed E-state index contributed by atoms with van der Waals surface area (Å²) in [7, 11) is 1.58. The van der Waals surface area contributed by atoms with Crippen LogP contribution in [0.5, 0.6) is 5.75 Å². The Morgan fingerprint density at radius 1 is 1.00 bits per heavy atom. The van der Waals surface area contributed by atoms with E-state index < -0.39 is 0 Å². The minimum atomic E-state index is -0.0414. The van der Waals surface area contributed by atoms with E-state index in [1.807, 2.05) is 21.2 Å². The Hall–Kier alpha value is -3.98. The van der Waals surface area contributed by atoms with Crippen molar-refractivity contribution in [2.45, 2.75) is 44.6 Å². The Morgan fingerprint density at radius 2 is 1.77 bits per heavy atom. The zero-order valence-electron chi connectivity index (χ0n) is 22.5. The van der Waals surface area contributed by atoms with Gasteiger partial charge in [0.15, 0.2) is 5.78 Å². The van der Waals surface area contributed by atoms with E-state index in [0.717, 1.165) is 35.5 Å². The van der Waals surface area contributed by atoms with Crippen molar-refractivity contribution in [3.05, 3.63) is 81.4 Å². The molecular formula is C31H32N4O4S. The maximum absolute atomic E-state index is 13.3. The second-order valence-electron chi connectivity index (χ2n) is 10.5. The van der Waals surface area contributed by atoms with Gasteiger partial charge in [-0.1, -0.05) is 18.2 Å². The molecule has 40 heavy (non-hydrogen) atoms. The van der Waals surface area contributed by atoms with Gasteiger partial charge in [0, 0.05) is 65.9 Å². The number of Topliss-reactive ketones (excluding diaryl/α,β-unsaturated/α-hetero) is 1. The summed E-state index contributed by atoms with van der Waals surface area (Å²) in [6.45, 7) is 2.52. The van der Waals surface area contributed by atoms with Gasteiger partial charge in [0.1, 0.15) is 11.4 Å². The lowest BCUT2D eigenvalue weighted by molar-refractivity contribution is -0.132. The highest BCUT2D eigenvalue weighted by molar-refractivity contribution is 7.09. The maximum atomic E-state index is 13.3. The molecule has 4 heterocycles. The van der Waals surface area contributed by atoms with Gasteiger partial charge in [-0.25, -0.2) is 4.98 Å². The van der Waals surface area contributed by atoms with Crippen molar-refractivity contribution in [1.82, 2.24) is 19.8 Å². The number of fused-ring (bicyclic) bond motifs is 3. The lowest BCUT2D eigenvalue weighted by Gasteiger charge is -2.31. The predicted molar refractivity (Wildman–Crippen MR) is 154 cm³/mol. The molecule has 2 amide bonds. The number of rotatable bonds is 7. The molecule has 0 radical (unpaired) electrons. The van der Waals surface area contributed by atoms with Crippen molar-refractivity contribution in [3.63, 3.8) is 0 Å². The number of hydrogen-bond donors (Lipinski definition) is 1. The molecule has 2 aliphatic heterocycles. The van der Waals surface area contributed by atoms with Crippen LogP contribution < -0.4 is 4.74 Å². The fourth-order valence-electron chi connectivity index (χ4n) is 5.78. The van der Waals surface area contributed by atoms with Crippen LogP contribution >= 0.6 is 11.3 Å². The van der Waals surface area contributed by atoms with Gasteiger partial charge in [0.25, 0.3) is 5.91 Å². The largest absolute Gasteiger partial charge is 0.497 e. The minimum Gasteiger partial charge on any atom is -0.497 e. The third-order valence-corrected chi connectivity index (χ3v) is 9.09. The Labute approximate surface area is 237 Å². The number of ketones is 1. The van der Waals surface area contributed by atoms with Crippen molar-refractivity contribution in [3.8, 4) is 5.75 Å². The number of ether oxygens (including phenoxy) is 1. The van der Waals surface area contributed by atoms with Crippen LogP contribution in [-0.4, -0.2) is 64.1 Å². The third-order valence-electron chi connectivity index (χ3n) is 8.09. The number of methoxy groups -OCH3 is 1. The highest BCUT2D eigenvalue weighted by Gasteiger charge is 2.29. The molecule has 206 valence electrons. The molecule has 9 heteroatoms. The van der Waals surface area contributed by atoms with Gasteiger partial charge >= 0.3 is 0 Å². The molecule has 0 saturated carbocycles. The fraction of sp³-hybridized carbons (Fsp3) is 0.355. The Morgan fingerprint density at radius 3 is 2.55 bits per heavy atom. The van der Waals surface area contributed by atoms with Crippen LogP contribution in [-0.2, 0) is 17.8 Å². The van der Waals surface area contributed by atoms with E-state index in [9.17, 15) is 14.4 Å². The van der Waals surface area contributed by atoms with Crippen LogP contribution in [0.25, 0.3) is 10.9 Å². The van der Waals surface area contributed by atoms with E-state index in [2.05, 4.69) is 23.2 Å². The van der Waals surface area contributed by atoms with Gasteiger partial charge < -0.3 is 19.5 Å². The zero-order valence-corrected chi connectivity index (χ0v) is 23.3. The monoisotopic (exact) mass is 556 g/mol. The number of likely N-dealkylation sites (tertiary alicyclic amines) is 1. The van der Waals surface area contributed by atoms with Crippen LogP contribution in [0, 0.1) is 0 Å². The van der Waals surface area contributed by atoms with Crippen molar-refractivity contribution >= 4 is 39.8 Å². The Balaban J connectivity index is 1.00. The average Bonchev–Trinajstić information content (AvgIpc) is 3.64. The predicted octanol–water partition coefficient (Wildman–Crippen LogP) is 5.20. The molecule has 0 bridgehead atoms. The SMILES string of the molecule is COc1ccc(C(=O)CCC(=O)N2CCC(c3nc(C(=O)N4CCc5c([nH]c6ccccc56)C4)cs3)CC2)cc1. The number of H-pyrrole nitrogens is 1. The molecule has 0 spiro atoms. The van der Waals surface area contributed by atoms with E-state index in [-0.39, 0.29) is 36.4 Å². The normalized spacial score (nSPS) is 15.7. The smallest absolute Gasteiger partial charge is 0.273 e. The van der Waals surface area contributed by atoms with Crippen LogP contribution in [0.2, 0.25) is 0 Å². The number of carbonyl (C=O) groups is 3. The van der Waals surface area contributed by atoms with E-state index in [4.69, 9.17) is 9.72 Å². The Kier molecular flexibility index (Phi) is 7.38. The first-order chi connectivity index (χ1) is 19.5. The summed E-state index contributed by atoms with van der Waals surface area (Å²) in [6.07, 6.45) is 2.85. The number of benzene rings is 2. The second kappa shape index (κ2) is 11.3. The first-order valence-electron chi connectivity index (χ1n) is 13.8. The van der Waals surface area contributed by atoms with E-state index in [1.54, 1.807) is 31.4 Å². The molecule has 1 saturated heterocycles. The molecule has 2 aromatic carbocycles. The third kappa shape index (κ3) is 5.25. The lowest BCUT2D eigenvalue weighted by atomic mass is 9.97. The molecule has 1 N–H and O–H groups in total. The van der Waals surface area contributed by atoms with Gasteiger partial charge in [-0.2, -0.15) is 0 Å². The van der Waals surface area contributed by atoms with Gasteiger partial charge in [-0.15, -0.1) is 11.3 Å². The highest BCUT2D eigenvalue weighted by Crippen LogP contribution is 2.32. The number of aromatic amines is 1. The van der Waals surface area contributed by atoms with Crippen LogP contribution in [0.3, 0.4) is 0 Å². The summed E-state index contributed by atoms with van der Waals surface area (Å²) < 4.78 is 5.13. The Bertz CT molecular complexity index is 1550. The van der Waals surface area contributed by atoms with Gasteiger partial charge in [-0.3, -0.25) is 14.4 Å². The molecule has 0 atom stereocenters. The summed E-state index contributed by atoms with van der Waals surface area (Å²) in [5.74, 6) is 0.874. The van der Waals surface area contributed by atoms with E-state index >= 15 is 0 Å². The number of piperidine rings is 1. The van der Waals surface area contributed by atoms with Gasteiger partial charge in [0.05, 0.1) is 18.7 Å². The molecule has 4 aromatic rings.